The Kier molecular flexibility index (Phi) is 6.92. The number of hydrogen-bond donors (Lipinski definition) is 3. The number of anilines is 3. The summed E-state index contributed by atoms with van der Waals surface area (Å²) in [6.07, 6.45) is -4.83. The number of nitrogens with one attached hydrogen (secondary N) is 3. The van der Waals surface area contributed by atoms with Gasteiger partial charge in [0.05, 0.1) is 12.1 Å². The van der Waals surface area contributed by atoms with Crippen molar-refractivity contribution in [3.8, 4) is 0 Å². The second-order valence-electron chi connectivity index (χ2n) is 7.71. The molecule has 0 saturated carbocycles. The highest BCUT2D eigenvalue weighted by Gasteiger charge is 2.34. The number of imide groups is 1. The fourth-order valence-corrected chi connectivity index (χ4v) is 5.39. The van der Waals surface area contributed by atoms with Gasteiger partial charge in [0.15, 0.2) is 0 Å². The molecule has 0 aliphatic carbocycles. The van der Waals surface area contributed by atoms with E-state index >= 15 is 0 Å². The van der Waals surface area contributed by atoms with Gasteiger partial charge < -0.3 is 10.6 Å². The lowest BCUT2D eigenvalue weighted by molar-refractivity contribution is -0.118. The first-order chi connectivity index (χ1) is 17.3. The van der Waals surface area contributed by atoms with Gasteiger partial charge >= 0.3 is 12.2 Å². The van der Waals surface area contributed by atoms with E-state index in [0.717, 1.165) is 29.5 Å². The number of fused-ring (bicyclic) bond motifs is 1. The van der Waals surface area contributed by atoms with Gasteiger partial charge in [-0.25, -0.2) is 27.2 Å². The molecule has 9 nitrogen and oxygen atoms in total. The van der Waals surface area contributed by atoms with Crippen LogP contribution in [-0.4, -0.2) is 39.0 Å². The van der Waals surface area contributed by atoms with Crippen LogP contribution < -0.4 is 20.3 Å². The molecule has 0 radical (unpaired) electrons. The molecule has 0 saturated heterocycles. The molecule has 1 aromatic heterocycles. The van der Waals surface area contributed by atoms with Crippen molar-refractivity contribution in [1.29, 1.82) is 0 Å². The van der Waals surface area contributed by atoms with E-state index in [1.807, 2.05) is 0 Å². The van der Waals surface area contributed by atoms with Gasteiger partial charge in [0.2, 0.25) is 5.91 Å². The normalized spacial score (nSPS) is 13.8. The molecule has 0 unspecified atom stereocenters. The van der Waals surface area contributed by atoms with E-state index in [1.54, 1.807) is 4.72 Å². The number of carbonyl (C=O) groups excluding carboxylic acids is 3. The lowest BCUT2D eigenvalue weighted by Gasteiger charge is -2.27. The van der Waals surface area contributed by atoms with E-state index in [4.69, 9.17) is 0 Å². The van der Waals surface area contributed by atoms with E-state index in [9.17, 15) is 40.4 Å². The van der Waals surface area contributed by atoms with Crippen molar-refractivity contribution in [3.05, 3.63) is 70.9 Å². The third-order valence-electron chi connectivity index (χ3n) is 5.06. The standard InChI is InChI=1S/C22H16F4N4O5S2/c23-16-10-14(28-21(33)29-37(34,35)19-2-1-7-36-19)4-6-17(16)30-18(31)9-12-8-13(27-11-22(24,25)26)3-5-15(12)20(30)32/h1-8,10,27H,9,11H2,(H2,28,29,33). The van der Waals surface area contributed by atoms with Crippen molar-refractivity contribution >= 4 is 56.3 Å². The fraction of sp³-hybridized carbons (Fsp3) is 0.136. The molecule has 2 aromatic carbocycles. The molecule has 0 atom stereocenters. The number of hydrogen-bond acceptors (Lipinski definition) is 7. The number of halogens is 4. The summed E-state index contributed by atoms with van der Waals surface area (Å²) in [6, 6.07) is 8.36. The van der Waals surface area contributed by atoms with E-state index in [-0.39, 0.29) is 33.1 Å². The first-order valence-corrected chi connectivity index (χ1v) is 12.7. The average molecular weight is 557 g/mol. The Hall–Kier alpha value is -3.98. The molecule has 194 valence electrons. The van der Waals surface area contributed by atoms with Crippen molar-refractivity contribution < 1.29 is 40.4 Å². The summed E-state index contributed by atoms with van der Waals surface area (Å²) in [6.45, 7) is -1.30. The van der Waals surface area contributed by atoms with Gasteiger partial charge in [0.25, 0.3) is 15.9 Å². The quantitative estimate of drug-likeness (QED) is 0.310. The Labute approximate surface area is 211 Å². The van der Waals surface area contributed by atoms with Crippen LogP contribution in [0.25, 0.3) is 0 Å². The number of benzene rings is 2. The minimum Gasteiger partial charge on any atom is -0.376 e. The van der Waals surface area contributed by atoms with Gasteiger partial charge in [-0.1, -0.05) is 6.07 Å². The zero-order chi connectivity index (χ0) is 27.0. The van der Waals surface area contributed by atoms with Gasteiger partial charge in [-0.3, -0.25) is 9.59 Å². The molecule has 0 fully saturated rings. The van der Waals surface area contributed by atoms with E-state index in [1.165, 1.54) is 35.7 Å². The number of sulfonamides is 1. The Morgan fingerprint density at radius 3 is 2.43 bits per heavy atom. The summed E-state index contributed by atoms with van der Waals surface area (Å²) in [7, 11) is -4.12. The highest BCUT2D eigenvalue weighted by atomic mass is 32.2. The van der Waals surface area contributed by atoms with Gasteiger partial charge in [-0.2, -0.15) is 13.2 Å². The topological polar surface area (TPSA) is 125 Å². The number of carbonyl (C=O) groups is 3. The van der Waals surface area contributed by atoms with E-state index in [0.29, 0.717) is 4.90 Å². The summed E-state index contributed by atoms with van der Waals surface area (Å²) in [4.78, 5) is 38.3. The molecule has 3 N–H and O–H groups in total. The number of urea groups is 1. The first kappa shape index (κ1) is 26.1. The molecule has 1 aliphatic rings. The smallest absolute Gasteiger partial charge is 0.376 e. The second-order valence-corrected chi connectivity index (χ2v) is 10.6. The Morgan fingerprint density at radius 1 is 1.05 bits per heavy atom. The molecule has 0 spiro atoms. The Morgan fingerprint density at radius 2 is 1.78 bits per heavy atom. The highest BCUT2D eigenvalue weighted by Crippen LogP contribution is 2.31. The summed E-state index contributed by atoms with van der Waals surface area (Å²) in [5.41, 5.74) is -0.321. The van der Waals surface area contributed by atoms with Crippen molar-refractivity contribution in [2.24, 2.45) is 0 Å². The van der Waals surface area contributed by atoms with Crippen molar-refractivity contribution in [2.45, 2.75) is 16.8 Å². The summed E-state index contributed by atoms with van der Waals surface area (Å²) in [5, 5.41) is 5.83. The molecule has 2 heterocycles. The van der Waals surface area contributed by atoms with Crippen LogP contribution in [0.15, 0.2) is 58.1 Å². The number of rotatable bonds is 6. The second kappa shape index (κ2) is 9.82. The molecule has 4 rings (SSSR count). The maximum absolute atomic E-state index is 14.9. The molecule has 15 heteroatoms. The number of thiophene rings is 1. The van der Waals surface area contributed by atoms with Crippen LogP contribution in [0.2, 0.25) is 0 Å². The average Bonchev–Trinajstić information content (AvgIpc) is 3.34. The number of nitrogens with zero attached hydrogens (tertiary/aromatic N) is 1. The van der Waals surface area contributed by atoms with Crippen LogP contribution in [0, 0.1) is 5.82 Å². The number of alkyl halides is 3. The van der Waals surface area contributed by atoms with E-state index in [2.05, 4.69) is 10.6 Å². The molecule has 4 amide bonds. The summed E-state index contributed by atoms with van der Waals surface area (Å²) in [5.74, 6) is -2.76. The van der Waals surface area contributed by atoms with Crippen LogP contribution in [0.3, 0.4) is 0 Å². The molecule has 1 aliphatic heterocycles. The maximum Gasteiger partial charge on any atom is 0.405 e. The lowest BCUT2D eigenvalue weighted by atomic mass is 9.97. The highest BCUT2D eigenvalue weighted by molar-refractivity contribution is 7.92. The van der Waals surface area contributed by atoms with Crippen LogP contribution in [0.5, 0.6) is 0 Å². The minimum absolute atomic E-state index is 0.0110. The van der Waals surface area contributed by atoms with Crippen molar-refractivity contribution in [3.63, 3.8) is 0 Å². The van der Waals surface area contributed by atoms with Crippen LogP contribution >= 0.6 is 11.3 Å². The fourth-order valence-electron chi connectivity index (χ4n) is 3.49. The zero-order valence-corrected chi connectivity index (χ0v) is 20.1. The van der Waals surface area contributed by atoms with Crippen molar-refractivity contribution in [1.82, 2.24) is 4.72 Å². The molecular weight excluding hydrogens is 540 g/mol. The molecule has 37 heavy (non-hydrogen) atoms. The largest absolute Gasteiger partial charge is 0.405 e. The monoisotopic (exact) mass is 556 g/mol. The van der Waals surface area contributed by atoms with Gasteiger partial charge in [-0.15, -0.1) is 11.3 Å². The molecular formula is C22H16F4N4O5S2. The van der Waals surface area contributed by atoms with Gasteiger partial charge in [-0.05, 0) is 53.4 Å². The minimum atomic E-state index is -4.46. The number of amides is 4. The van der Waals surface area contributed by atoms with E-state index < -0.39 is 52.1 Å². The Bertz CT molecular complexity index is 1490. The van der Waals surface area contributed by atoms with Gasteiger partial charge in [0.1, 0.15) is 16.6 Å². The molecule has 0 bridgehead atoms. The third-order valence-corrected chi connectivity index (χ3v) is 7.78. The predicted octanol–water partition coefficient (Wildman–Crippen LogP) is 4.10. The van der Waals surface area contributed by atoms with Gasteiger partial charge in [0, 0.05) is 16.9 Å². The van der Waals surface area contributed by atoms with Crippen LogP contribution in [0.1, 0.15) is 15.9 Å². The lowest BCUT2D eigenvalue weighted by Crippen LogP contribution is -2.43. The van der Waals surface area contributed by atoms with Crippen molar-refractivity contribution in [2.75, 3.05) is 22.1 Å². The van der Waals surface area contributed by atoms with Crippen LogP contribution in [0.4, 0.5) is 39.4 Å². The summed E-state index contributed by atoms with van der Waals surface area (Å²) >= 11 is 0.889. The predicted molar refractivity (Wildman–Crippen MR) is 127 cm³/mol. The molecule has 3 aromatic rings. The summed E-state index contributed by atoms with van der Waals surface area (Å²) < 4.78 is 78.1. The SMILES string of the molecule is O=C(Nc1ccc(N2C(=O)Cc3cc(NCC(F)(F)F)ccc3C2=O)c(F)c1)NS(=O)(=O)c1cccs1. The first-order valence-electron chi connectivity index (χ1n) is 10.3. The third kappa shape index (κ3) is 5.89. The zero-order valence-electron chi connectivity index (χ0n) is 18.4. The Balaban J connectivity index is 1.49. The van der Waals surface area contributed by atoms with Crippen LogP contribution in [-0.2, 0) is 21.2 Å². The maximum atomic E-state index is 14.9.